The minimum Gasteiger partial charge on any atom is -0.482 e. The van der Waals surface area contributed by atoms with E-state index in [-0.39, 0.29) is 19.1 Å². The Balaban J connectivity index is 2.02. The summed E-state index contributed by atoms with van der Waals surface area (Å²) in [6.45, 7) is 0.0932. The molecule has 0 radical (unpaired) electrons. The second-order valence-corrected chi connectivity index (χ2v) is 5.59. The first-order chi connectivity index (χ1) is 8.44. The summed E-state index contributed by atoms with van der Waals surface area (Å²) < 4.78 is 31.5. The van der Waals surface area contributed by atoms with Gasteiger partial charge in [0.1, 0.15) is 5.75 Å². The highest BCUT2D eigenvalue weighted by Gasteiger charge is 2.15. The third-order valence-electron chi connectivity index (χ3n) is 2.36. The summed E-state index contributed by atoms with van der Waals surface area (Å²) in [5.41, 5.74) is 1.46. The highest BCUT2D eigenvalue weighted by Crippen LogP contribution is 2.28. The van der Waals surface area contributed by atoms with Crippen LogP contribution in [0, 0.1) is 0 Å². The van der Waals surface area contributed by atoms with Gasteiger partial charge in [0.15, 0.2) is 6.61 Å². The smallest absolute Gasteiger partial charge is 0.264 e. The number of fused-ring (bicyclic) bond motifs is 1. The Bertz CT molecular complexity index is 567. The SMILES string of the molecule is CS(=O)(=O)OCCc1ccc2c(c1)NC(=O)CO2. The number of anilines is 1. The maximum absolute atomic E-state index is 11.1. The van der Waals surface area contributed by atoms with Crippen LogP contribution in [0.5, 0.6) is 5.75 Å². The lowest BCUT2D eigenvalue weighted by molar-refractivity contribution is -0.118. The number of amides is 1. The van der Waals surface area contributed by atoms with Gasteiger partial charge in [0.25, 0.3) is 16.0 Å². The largest absolute Gasteiger partial charge is 0.482 e. The van der Waals surface area contributed by atoms with Gasteiger partial charge < -0.3 is 10.1 Å². The highest BCUT2D eigenvalue weighted by atomic mass is 32.2. The Hall–Kier alpha value is -1.60. The fraction of sp³-hybridized carbons (Fsp3) is 0.364. The number of hydrogen-bond donors (Lipinski definition) is 1. The lowest BCUT2D eigenvalue weighted by atomic mass is 10.1. The second kappa shape index (κ2) is 4.95. The van der Waals surface area contributed by atoms with Gasteiger partial charge in [-0.15, -0.1) is 0 Å². The van der Waals surface area contributed by atoms with E-state index < -0.39 is 10.1 Å². The van der Waals surface area contributed by atoms with E-state index in [0.29, 0.717) is 17.9 Å². The summed E-state index contributed by atoms with van der Waals surface area (Å²) >= 11 is 0. The van der Waals surface area contributed by atoms with E-state index in [1.165, 1.54) is 0 Å². The molecule has 1 aromatic rings. The van der Waals surface area contributed by atoms with Crippen LogP contribution >= 0.6 is 0 Å². The van der Waals surface area contributed by atoms with Crippen LogP contribution in [0.3, 0.4) is 0 Å². The molecule has 1 aliphatic rings. The zero-order valence-electron chi connectivity index (χ0n) is 9.80. The van der Waals surface area contributed by atoms with Gasteiger partial charge in [-0.3, -0.25) is 8.98 Å². The van der Waals surface area contributed by atoms with Gasteiger partial charge in [-0.05, 0) is 24.1 Å². The Kier molecular flexibility index (Phi) is 3.53. The van der Waals surface area contributed by atoms with Gasteiger partial charge in [0, 0.05) is 0 Å². The lowest BCUT2D eigenvalue weighted by Gasteiger charge is -2.18. The van der Waals surface area contributed by atoms with Crippen molar-refractivity contribution in [3.63, 3.8) is 0 Å². The van der Waals surface area contributed by atoms with Gasteiger partial charge in [0.05, 0.1) is 18.6 Å². The van der Waals surface area contributed by atoms with Gasteiger partial charge in [-0.1, -0.05) is 6.07 Å². The molecule has 1 N–H and O–H groups in total. The number of nitrogens with one attached hydrogen (secondary N) is 1. The van der Waals surface area contributed by atoms with Crippen molar-refractivity contribution < 1.29 is 22.1 Å². The zero-order chi connectivity index (χ0) is 13.2. The van der Waals surface area contributed by atoms with Crippen LogP contribution in [-0.2, 0) is 25.5 Å². The maximum atomic E-state index is 11.1. The quantitative estimate of drug-likeness (QED) is 0.808. The van der Waals surface area contributed by atoms with Crippen LogP contribution in [0.4, 0.5) is 5.69 Å². The Morgan fingerprint density at radius 2 is 2.22 bits per heavy atom. The molecule has 1 amide bonds. The summed E-state index contributed by atoms with van der Waals surface area (Å²) in [5.74, 6) is 0.411. The zero-order valence-corrected chi connectivity index (χ0v) is 10.6. The molecule has 0 saturated carbocycles. The van der Waals surface area contributed by atoms with E-state index in [4.69, 9.17) is 4.74 Å². The summed E-state index contributed by atoms with van der Waals surface area (Å²) in [4.78, 5) is 11.1. The lowest BCUT2D eigenvalue weighted by Crippen LogP contribution is -2.25. The average molecular weight is 271 g/mol. The Morgan fingerprint density at radius 3 is 2.94 bits per heavy atom. The molecule has 0 unspecified atom stereocenters. The Labute approximate surface area is 105 Å². The van der Waals surface area contributed by atoms with Crippen molar-refractivity contribution in [2.75, 3.05) is 24.8 Å². The first-order valence-corrected chi connectivity index (χ1v) is 7.16. The van der Waals surface area contributed by atoms with E-state index >= 15 is 0 Å². The van der Waals surface area contributed by atoms with E-state index in [9.17, 15) is 13.2 Å². The standard InChI is InChI=1S/C11H13NO5S/c1-18(14,15)17-5-4-8-2-3-10-9(6-8)12-11(13)7-16-10/h2-3,6H,4-5,7H2,1H3,(H,12,13). The molecule has 0 aromatic heterocycles. The van der Waals surface area contributed by atoms with Crippen LogP contribution < -0.4 is 10.1 Å². The fourth-order valence-corrected chi connectivity index (χ4v) is 1.98. The molecule has 6 nitrogen and oxygen atoms in total. The monoisotopic (exact) mass is 271 g/mol. The first kappa shape index (κ1) is 12.8. The molecule has 0 spiro atoms. The predicted octanol–water partition coefficient (Wildman–Crippen LogP) is 0.536. The highest BCUT2D eigenvalue weighted by molar-refractivity contribution is 7.85. The van der Waals surface area contributed by atoms with Crippen LogP contribution in [0.1, 0.15) is 5.56 Å². The molecular formula is C11H13NO5S. The van der Waals surface area contributed by atoms with E-state index in [0.717, 1.165) is 11.8 Å². The van der Waals surface area contributed by atoms with Crippen LogP contribution in [-0.4, -0.2) is 33.8 Å². The van der Waals surface area contributed by atoms with E-state index in [1.54, 1.807) is 12.1 Å². The molecule has 0 aliphatic carbocycles. The summed E-state index contributed by atoms with van der Waals surface area (Å²) in [7, 11) is -3.41. The van der Waals surface area contributed by atoms with Crippen molar-refractivity contribution in [2.24, 2.45) is 0 Å². The van der Waals surface area contributed by atoms with Gasteiger partial charge in [-0.2, -0.15) is 8.42 Å². The van der Waals surface area contributed by atoms with Crippen molar-refractivity contribution in [1.29, 1.82) is 0 Å². The average Bonchev–Trinajstić information content (AvgIpc) is 2.26. The first-order valence-electron chi connectivity index (χ1n) is 5.34. The minimum absolute atomic E-state index is 0.0174. The number of rotatable bonds is 4. The van der Waals surface area contributed by atoms with E-state index in [1.807, 2.05) is 6.07 Å². The molecule has 1 aliphatic heterocycles. The molecule has 0 saturated heterocycles. The predicted molar refractivity (Wildman–Crippen MR) is 65.1 cm³/mol. The third-order valence-corrected chi connectivity index (χ3v) is 2.96. The molecule has 2 rings (SSSR count). The normalized spacial score (nSPS) is 14.6. The van der Waals surface area contributed by atoms with Gasteiger partial charge >= 0.3 is 0 Å². The maximum Gasteiger partial charge on any atom is 0.264 e. The Morgan fingerprint density at radius 1 is 1.44 bits per heavy atom. The molecule has 0 fully saturated rings. The van der Waals surface area contributed by atoms with Crippen molar-refractivity contribution in [3.8, 4) is 5.75 Å². The second-order valence-electron chi connectivity index (χ2n) is 3.94. The molecule has 0 bridgehead atoms. The van der Waals surface area contributed by atoms with Crippen LogP contribution in [0.15, 0.2) is 18.2 Å². The van der Waals surface area contributed by atoms with Crippen molar-refractivity contribution in [1.82, 2.24) is 0 Å². The number of carbonyl (C=O) groups excluding carboxylic acids is 1. The molecule has 0 atom stereocenters. The van der Waals surface area contributed by atoms with Crippen LogP contribution in [0.2, 0.25) is 0 Å². The number of carbonyl (C=O) groups is 1. The molecule has 7 heteroatoms. The number of ether oxygens (including phenoxy) is 1. The molecular weight excluding hydrogens is 258 g/mol. The van der Waals surface area contributed by atoms with Gasteiger partial charge in [0.2, 0.25) is 0 Å². The van der Waals surface area contributed by atoms with Crippen molar-refractivity contribution in [2.45, 2.75) is 6.42 Å². The summed E-state index contributed by atoms with van der Waals surface area (Å²) in [5, 5.41) is 2.68. The number of benzene rings is 1. The topological polar surface area (TPSA) is 81.7 Å². The van der Waals surface area contributed by atoms with E-state index in [2.05, 4.69) is 9.50 Å². The van der Waals surface area contributed by atoms with Crippen molar-refractivity contribution in [3.05, 3.63) is 23.8 Å². The van der Waals surface area contributed by atoms with Crippen LogP contribution in [0.25, 0.3) is 0 Å². The molecule has 18 heavy (non-hydrogen) atoms. The molecule has 1 aromatic carbocycles. The number of hydrogen-bond acceptors (Lipinski definition) is 5. The molecule has 1 heterocycles. The third kappa shape index (κ3) is 3.44. The van der Waals surface area contributed by atoms with Crippen molar-refractivity contribution >= 4 is 21.7 Å². The molecule has 98 valence electrons. The summed E-state index contributed by atoms with van der Waals surface area (Å²) in [6, 6.07) is 5.30. The fourth-order valence-electron chi connectivity index (χ4n) is 1.60. The minimum atomic E-state index is -3.41. The van der Waals surface area contributed by atoms with Gasteiger partial charge in [-0.25, -0.2) is 0 Å². The summed E-state index contributed by atoms with van der Waals surface area (Å²) in [6.07, 6.45) is 1.45.